The number of amides is 1. The lowest BCUT2D eigenvalue weighted by Gasteiger charge is -2.07. The third-order valence-corrected chi connectivity index (χ3v) is 2.64. The Hall–Kier alpha value is -2.87. The van der Waals surface area contributed by atoms with Gasteiger partial charge < -0.3 is 10.3 Å². The lowest BCUT2D eigenvalue weighted by Crippen LogP contribution is -2.19. The number of nitrogens with one attached hydrogen (secondary N) is 2. The molecule has 1 aromatic heterocycles. The number of para-hydroxylation sites is 1. The second-order valence-corrected chi connectivity index (χ2v) is 3.98. The van der Waals surface area contributed by atoms with Gasteiger partial charge in [-0.05, 0) is 25.1 Å². The van der Waals surface area contributed by atoms with E-state index in [4.69, 9.17) is 5.26 Å². The topological polar surface area (TPSA) is 85.8 Å². The van der Waals surface area contributed by atoms with E-state index < -0.39 is 5.56 Å². The van der Waals surface area contributed by atoms with E-state index in [0.717, 1.165) is 0 Å². The highest BCUT2D eigenvalue weighted by molar-refractivity contribution is 6.05. The van der Waals surface area contributed by atoms with Crippen LogP contribution in [0.2, 0.25) is 0 Å². The summed E-state index contributed by atoms with van der Waals surface area (Å²) >= 11 is 0. The van der Waals surface area contributed by atoms with Crippen molar-refractivity contribution in [1.29, 1.82) is 5.26 Å². The number of nitrogens with zero attached hydrogens (tertiary/aromatic N) is 1. The number of nitriles is 1. The summed E-state index contributed by atoms with van der Waals surface area (Å²) in [6.45, 7) is 1.61. The molecule has 0 bridgehead atoms. The third-order valence-electron chi connectivity index (χ3n) is 2.64. The van der Waals surface area contributed by atoms with E-state index in [1.165, 1.54) is 6.07 Å². The van der Waals surface area contributed by atoms with Crippen molar-refractivity contribution in [1.82, 2.24) is 4.98 Å². The van der Waals surface area contributed by atoms with E-state index in [0.29, 0.717) is 11.4 Å². The third kappa shape index (κ3) is 2.69. The fourth-order valence-corrected chi connectivity index (χ4v) is 1.66. The van der Waals surface area contributed by atoms with Gasteiger partial charge in [-0.25, -0.2) is 0 Å². The Labute approximate surface area is 109 Å². The molecule has 1 amide bonds. The molecule has 0 fully saturated rings. The highest BCUT2D eigenvalue weighted by Gasteiger charge is 2.12. The zero-order chi connectivity index (χ0) is 13.8. The maximum Gasteiger partial charge on any atom is 0.266 e. The Morgan fingerprint density at radius 3 is 2.63 bits per heavy atom. The summed E-state index contributed by atoms with van der Waals surface area (Å²) in [4.78, 5) is 26.0. The molecule has 19 heavy (non-hydrogen) atoms. The van der Waals surface area contributed by atoms with Crippen LogP contribution >= 0.6 is 0 Å². The Morgan fingerprint density at radius 2 is 2.00 bits per heavy atom. The van der Waals surface area contributed by atoms with Crippen molar-refractivity contribution < 1.29 is 4.79 Å². The van der Waals surface area contributed by atoms with Crippen molar-refractivity contribution in [3.05, 3.63) is 63.6 Å². The van der Waals surface area contributed by atoms with Crippen LogP contribution in [0.25, 0.3) is 0 Å². The Balaban J connectivity index is 2.35. The van der Waals surface area contributed by atoms with E-state index in [-0.39, 0.29) is 17.0 Å². The van der Waals surface area contributed by atoms with Gasteiger partial charge in [-0.15, -0.1) is 0 Å². The number of hydrogen-bond acceptors (Lipinski definition) is 3. The van der Waals surface area contributed by atoms with Crippen molar-refractivity contribution in [3.8, 4) is 6.07 Å². The zero-order valence-corrected chi connectivity index (χ0v) is 10.2. The molecule has 2 N–H and O–H groups in total. The molecule has 5 nitrogen and oxygen atoms in total. The van der Waals surface area contributed by atoms with Gasteiger partial charge >= 0.3 is 0 Å². The summed E-state index contributed by atoms with van der Waals surface area (Å²) in [5, 5.41) is 11.5. The molecular weight excluding hydrogens is 242 g/mol. The van der Waals surface area contributed by atoms with Gasteiger partial charge in [-0.2, -0.15) is 5.26 Å². The van der Waals surface area contributed by atoms with Gasteiger partial charge in [0.05, 0.1) is 5.56 Å². The lowest BCUT2D eigenvalue weighted by atomic mass is 10.1. The first kappa shape index (κ1) is 12.6. The van der Waals surface area contributed by atoms with Crippen LogP contribution in [0.15, 0.2) is 41.2 Å². The number of carbonyl (C=O) groups excluding carboxylic acids is 1. The molecule has 2 aromatic rings. The zero-order valence-electron chi connectivity index (χ0n) is 10.2. The fourth-order valence-electron chi connectivity index (χ4n) is 1.66. The molecule has 0 aliphatic carbocycles. The lowest BCUT2D eigenvalue weighted by molar-refractivity contribution is 0.102. The van der Waals surface area contributed by atoms with Crippen molar-refractivity contribution in [3.63, 3.8) is 0 Å². The first-order valence-electron chi connectivity index (χ1n) is 5.62. The van der Waals surface area contributed by atoms with Gasteiger partial charge in [0.15, 0.2) is 0 Å². The van der Waals surface area contributed by atoms with Gasteiger partial charge in [0.25, 0.3) is 11.5 Å². The number of aromatic nitrogens is 1. The molecule has 0 unspecified atom stereocenters. The minimum Gasteiger partial charge on any atom is -0.325 e. The van der Waals surface area contributed by atoms with Crippen LogP contribution in [0.1, 0.15) is 21.6 Å². The van der Waals surface area contributed by atoms with Crippen LogP contribution in [-0.4, -0.2) is 10.9 Å². The van der Waals surface area contributed by atoms with Gasteiger partial charge in [-0.1, -0.05) is 18.2 Å². The average molecular weight is 253 g/mol. The van der Waals surface area contributed by atoms with Crippen molar-refractivity contribution in [2.75, 3.05) is 5.32 Å². The fraction of sp³-hybridized carbons (Fsp3) is 0.0714. The highest BCUT2D eigenvalue weighted by atomic mass is 16.1. The van der Waals surface area contributed by atoms with Crippen LogP contribution in [0.3, 0.4) is 0 Å². The molecular formula is C14H11N3O2. The molecule has 5 heteroatoms. The molecule has 0 spiro atoms. The number of hydrogen-bond donors (Lipinski definition) is 2. The van der Waals surface area contributed by atoms with Crippen molar-refractivity contribution in [2.45, 2.75) is 6.92 Å². The van der Waals surface area contributed by atoms with Crippen molar-refractivity contribution in [2.24, 2.45) is 0 Å². The summed E-state index contributed by atoms with van der Waals surface area (Å²) in [6, 6.07) is 12.0. The standard InChI is InChI=1S/C14H11N3O2/c1-9-12(7-10(8-15)13(18)16-9)14(19)17-11-5-3-2-4-6-11/h2-7H,1H3,(H,16,18)(H,17,19). The summed E-state index contributed by atoms with van der Waals surface area (Å²) in [5.74, 6) is -0.364. The molecule has 0 aliphatic heterocycles. The van der Waals surface area contributed by atoms with Crippen LogP contribution in [0.4, 0.5) is 5.69 Å². The number of anilines is 1. The summed E-state index contributed by atoms with van der Waals surface area (Å²) in [7, 11) is 0. The SMILES string of the molecule is Cc1[nH]c(=O)c(C#N)cc1C(=O)Nc1ccccc1. The molecule has 0 radical (unpaired) electrons. The highest BCUT2D eigenvalue weighted by Crippen LogP contribution is 2.10. The summed E-state index contributed by atoms with van der Waals surface area (Å²) in [6.07, 6.45) is 0. The summed E-state index contributed by atoms with van der Waals surface area (Å²) < 4.78 is 0. The van der Waals surface area contributed by atoms with Crippen molar-refractivity contribution >= 4 is 11.6 Å². The van der Waals surface area contributed by atoms with Crippen LogP contribution < -0.4 is 10.9 Å². The first-order chi connectivity index (χ1) is 9.11. The number of carbonyl (C=O) groups is 1. The van der Waals surface area contributed by atoms with Gasteiger partial charge in [-0.3, -0.25) is 9.59 Å². The Kier molecular flexibility index (Phi) is 3.44. The van der Waals surface area contributed by atoms with Gasteiger partial charge in [0.2, 0.25) is 0 Å². The minimum atomic E-state index is -0.490. The van der Waals surface area contributed by atoms with Gasteiger partial charge in [0, 0.05) is 11.4 Å². The maximum absolute atomic E-state index is 12.1. The second-order valence-electron chi connectivity index (χ2n) is 3.98. The normalized spacial score (nSPS) is 9.68. The largest absolute Gasteiger partial charge is 0.325 e. The molecule has 1 aromatic carbocycles. The number of H-pyrrole nitrogens is 1. The predicted molar refractivity (Wildman–Crippen MR) is 70.9 cm³/mol. The van der Waals surface area contributed by atoms with E-state index in [2.05, 4.69) is 10.3 Å². The molecule has 1 heterocycles. The average Bonchev–Trinajstić information content (AvgIpc) is 2.40. The molecule has 0 atom stereocenters. The second kappa shape index (κ2) is 5.19. The molecule has 0 saturated heterocycles. The van der Waals surface area contributed by atoms with E-state index in [1.807, 2.05) is 6.07 Å². The number of aromatic amines is 1. The molecule has 0 aliphatic rings. The Morgan fingerprint density at radius 1 is 1.32 bits per heavy atom. The van der Waals surface area contributed by atoms with Gasteiger partial charge in [0.1, 0.15) is 11.6 Å². The minimum absolute atomic E-state index is 0.0798. The molecule has 94 valence electrons. The van der Waals surface area contributed by atoms with Crippen LogP contribution in [0, 0.1) is 18.3 Å². The smallest absolute Gasteiger partial charge is 0.266 e. The van der Waals surface area contributed by atoms with E-state index in [9.17, 15) is 9.59 Å². The van der Waals surface area contributed by atoms with E-state index >= 15 is 0 Å². The Bertz CT molecular complexity index is 712. The van der Waals surface area contributed by atoms with E-state index in [1.54, 1.807) is 37.3 Å². The predicted octanol–water partition coefficient (Wildman–Crippen LogP) is 1.81. The quantitative estimate of drug-likeness (QED) is 0.855. The van der Waals surface area contributed by atoms with Crippen LogP contribution in [-0.2, 0) is 0 Å². The maximum atomic E-state index is 12.1. The number of aryl methyl sites for hydroxylation is 1. The molecule has 2 rings (SSSR count). The van der Waals surface area contributed by atoms with Crippen LogP contribution in [0.5, 0.6) is 0 Å². The number of benzene rings is 1. The number of rotatable bonds is 2. The first-order valence-corrected chi connectivity index (χ1v) is 5.62. The monoisotopic (exact) mass is 253 g/mol. The summed E-state index contributed by atoms with van der Waals surface area (Å²) in [5.41, 5.74) is 0.786. The molecule has 0 saturated carbocycles. The number of pyridine rings is 1.